The van der Waals surface area contributed by atoms with E-state index in [2.05, 4.69) is 0 Å². The molecular formula is C28H32N4O6. The van der Waals surface area contributed by atoms with Crippen molar-refractivity contribution in [3.05, 3.63) is 46.5 Å². The first-order valence-corrected chi connectivity index (χ1v) is 13.6. The number of nitrogens with zero attached hydrogens (tertiary/aromatic N) is 4. The van der Waals surface area contributed by atoms with Crippen LogP contribution >= 0.6 is 0 Å². The number of carbonyl (C=O) groups is 4. The molecule has 4 aliphatic rings. The Morgan fingerprint density at radius 1 is 0.579 bits per heavy atom. The quantitative estimate of drug-likeness (QED) is 0.557. The van der Waals surface area contributed by atoms with Gasteiger partial charge in [-0.2, -0.15) is 0 Å². The number of benzene rings is 2. The molecule has 4 heterocycles. The Morgan fingerprint density at radius 2 is 0.921 bits per heavy atom. The van der Waals surface area contributed by atoms with Gasteiger partial charge in [-0.15, -0.1) is 0 Å². The van der Waals surface area contributed by atoms with Gasteiger partial charge in [0.05, 0.1) is 22.3 Å². The first-order chi connectivity index (χ1) is 18.5. The minimum atomic E-state index is -0.475. The number of piperidine rings is 2. The predicted molar refractivity (Wildman–Crippen MR) is 137 cm³/mol. The molecule has 0 bridgehead atoms. The fourth-order valence-electron chi connectivity index (χ4n) is 6.70. The van der Waals surface area contributed by atoms with E-state index < -0.39 is 23.6 Å². The number of carbonyl (C=O) groups excluding carboxylic acids is 4. The van der Waals surface area contributed by atoms with E-state index in [1.807, 2.05) is 0 Å². The Kier molecular flexibility index (Phi) is 6.51. The molecule has 0 aliphatic carbocycles. The largest absolute Gasteiger partial charge is 0.396 e. The number of aliphatic hydroxyl groups excluding tert-OH is 2. The first-order valence-electron chi connectivity index (χ1n) is 13.6. The summed E-state index contributed by atoms with van der Waals surface area (Å²) in [6.45, 7) is 1.00. The molecule has 2 aromatic carbocycles. The van der Waals surface area contributed by atoms with E-state index in [1.54, 1.807) is 34.3 Å². The Balaban J connectivity index is 1.43. The minimum absolute atomic E-state index is 0.0345. The third-order valence-electron chi connectivity index (χ3n) is 8.48. The van der Waals surface area contributed by atoms with Crippen molar-refractivity contribution in [1.29, 1.82) is 0 Å². The van der Waals surface area contributed by atoms with Gasteiger partial charge in [0.1, 0.15) is 0 Å². The molecule has 38 heavy (non-hydrogen) atoms. The van der Waals surface area contributed by atoms with Crippen LogP contribution in [0.2, 0.25) is 0 Å². The normalized spacial score (nSPS) is 24.6. The smallest absolute Gasteiger partial charge is 0.276 e. The van der Waals surface area contributed by atoms with E-state index in [0.29, 0.717) is 59.0 Å². The van der Waals surface area contributed by atoms with Gasteiger partial charge < -0.3 is 10.2 Å². The Labute approximate surface area is 220 Å². The lowest BCUT2D eigenvalue weighted by atomic mass is 9.86. The highest BCUT2D eigenvalue weighted by Crippen LogP contribution is 2.40. The van der Waals surface area contributed by atoms with Gasteiger partial charge in [0.2, 0.25) is 0 Å². The molecule has 6 rings (SSSR count). The van der Waals surface area contributed by atoms with Gasteiger partial charge in [0.15, 0.2) is 0 Å². The van der Waals surface area contributed by atoms with Crippen molar-refractivity contribution in [2.75, 3.05) is 26.3 Å². The van der Waals surface area contributed by atoms with E-state index in [-0.39, 0.29) is 25.3 Å². The molecule has 2 N–H and O–H groups in total. The van der Waals surface area contributed by atoms with Gasteiger partial charge in [-0.25, -0.2) is 20.0 Å². The summed E-state index contributed by atoms with van der Waals surface area (Å²) in [6, 6.07) is 6.11. The van der Waals surface area contributed by atoms with E-state index in [0.717, 1.165) is 38.5 Å². The van der Waals surface area contributed by atoms with Crippen LogP contribution < -0.4 is 0 Å². The van der Waals surface area contributed by atoms with Crippen LogP contribution in [0.5, 0.6) is 0 Å². The van der Waals surface area contributed by atoms with E-state index >= 15 is 0 Å². The van der Waals surface area contributed by atoms with Crippen molar-refractivity contribution in [2.24, 2.45) is 0 Å². The van der Waals surface area contributed by atoms with Crippen molar-refractivity contribution in [1.82, 2.24) is 20.0 Å². The average Bonchev–Trinajstić information content (AvgIpc) is 2.93. The number of aliphatic hydroxyl groups is 2. The molecule has 2 aromatic rings. The lowest BCUT2D eigenvalue weighted by Gasteiger charge is -2.44. The second-order valence-corrected chi connectivity index (χ2v) is 10.6. The summed E-state index contributed by atoms with van der Waals surface area (Å²) >= 11 is 0. The van der Waals surface area contributed by atoms with Gasteiger partial charge in [0, 0.05) is 49.2 Å². The predicted octanol–water partition coefficient (Wildman–Crippen LogP) is 2.34. The highest BCUT2D eigenvalue weighted by Gasteiger charge is 2.45. The molecule has 4 amide bonds. The van der Waals surface area contributed by atoms with Gasteiger partial charge in [-0.1, -0.05) is 12.8 Å². The van der Waals surface area contributed by atoms with E-state index in [4.69, 9.17) is 0 Å². The van der Waals surface area contributed by atoms with Gasteiger partial charge in [-0.05, 0) is 62.8 Å². The standard InChI is InChI=1S/C28H32N4O6/c33-15-11-17-5-1-3-13-29(17)31-25(35)19-7-9-21-24-22(10-8-20(23(19)24)26(31)36)28(38)32(27(21)37)30-14-4-2-6-18(30)12-16-34/h7-10,17-18,33-34H,1-6,11-16H2. The van der Waals surface area contributed by atoms with E-state index in [1.165, 1.54) is 10.0 Å². The molecule has 10 nitrogen and oxygen atoms in total. The second kappa shape index (κ2) is 9.85. The average molecular weight is 521 g/mol. The Morgan fingerprint density at radius 3 is 1.24 bits per heavy atom. The molecule has 0 radical (unpaired) electrons. The monoisotopic (exact) mass is 520 g/mol. The molecule has 2 atom stereocenters. The minimum Gasteiger partial charge on any atom is -0.396 e. The van der Waals surface area contributed by atoms with Crippen molar-refractivity contribution >= 4 is 34.4 Å². The molecule has 0 spiro atoms. The Hall–Kier alpha value is -3.18. The van der Waals surface area contributed by atoms with Crippen molar-refractivity contribution in [3.8, 4) is 0 Å². The van der Waals surface area contributed by atoms with Crippen LogP contribution in [0.25, 0.3) is 10.8 Å². The molecule has 0 aromatic heterocycles. The first kappa shape index (κ1) is 25.1. The summed E-state index contributed by atoms with van der Waals surface area (Å²) in [7, 11) is 0. The summed E-state index contributed by atoms with van der Waals surface area (Å²) in [6.07, 6.45) is 6.10. The van der Waals surface area contributed by atoms with E-state index in [9.17, 15) is 29.4 Å². The summed E-state index contributed by atoms with van der Waals surface area (Å²) in [5.41, 5.74) is 1.16. The lowest BCUT2D eigenvalue weighted by Crippen LogP contribution is -2.58. The topological polar surface area (TPSA) is 122 Å². The molecule has 0 saturated carbocycles. The Bertz CT molecular complexity index is 1170. The third kappa shape index (κ3) is 3.70. The van der Waals surface area contributed by atoms with Crippen LogP contribution in [0.4, 0.5) is 0 Å². The summed E-state index contributed by atoms with van der Waals surface area (Å²) < 4.78 is 0. The fourth-order valence-corrected chi connectivity index (χ4v) is 6.70. The summed E-state index contributed by atoms with van der Waals surface area (Å²) in [4.78, 5) is 55.1. The fraction of sp³-hybridized carbons (Fsp3) is 0.500. The summed E-state index contributed by atoms with van der Waals surface area (Å²) in [5, 5.41) is 25.8. The zero-order valence-corrected chi connectivity index (χ0v) is 21.3. The molecule has 2 fully saturated rings. The lowest BCUT2D eigenvalue weighted by molar-refractivity contribution is -0.0447. The van der Waals surface area contributed by atoms with Crippen LogP contribution in [-0.4, -0.2) is 92.3 Å². The third-order valence-corrected chi connectivity index (χ3v) is 8.48. The molecule has 2 saturated heterocycles. The van der Waals surface area contributed by atoms with Crippen LogP contribution in [0.1, 0.15) is 92.8 Å². The number of hydrogen-bond acceptors (Lipinski definition) is 8. The number of imide groups is 2. The van der Waals surface area contributed by atoms with Crippen LogP contribution in [0.15, 0.2) is 24.3 Å². The molecule has 200 valence electrons. The molecule has 4 aliphatic heterocycles. The maximum Gasteiger partial charge on any atom is 0.276 e. The second-order valence-electron chi connectivity index (χ2n) is 10.6. The van der Waals surface area contributed by atoms with Crippen LogP contribution in [0, 0.1) is 0 Å². The number of amides is 4. The van der Waals surface area contributed by atoms with Crippen LogP contribution in [0.3, 0.4) is 0 Å². The van der Waals surface area contributed by atoms with Gasteiger partial charge >= 0.3 is 0 Å². The highest BCUT2D eigenvalue weighted by molar-refractivity contribution is 6.33. The van der Waals surface area contributed by atoms with Gasteiger partial charge in [0.25, 0.3) is 23.6 Å². The zero-order valence-electron chi connectivity index (χ0n) is 21.3. The number of hydrogen-bond donors (Lipinski definition) is 2. The highest BCUT2D eigenvalue weighted by atomic mass is 16.3. The van der Waals surface area contributed by atoms with Crippen molar-refractivity contribution in [3.63, 3.8) is 0 Å². The summed E-state index contributed by atoms with van der Waals surface area (Å²) in [5.74, 6) is -1.90. The number of hydrazine groups is 2. The maximum absolute atomic E-state index is 13.8. The zero-order chi connectivity index (χ0) is 26.6. The SMILES string of the molecule is O=C1c2ccc3c4c(ccc(c24)C(=O)N1N1CCCCC1CCO)C(=O)N(N1CCCCC1CCO)C3=O. The molecule has 2 unspecified atom stereocenters. The number of rotatable bonds is 6. The maximum atomic E-state index is 13.8. The van der Waals surface area contributed by atoms with Gasteiger partial charge in [-0.3, -0.25) is 19.2 Å². The van der Waals surface area contributed by atoms with Crippen molar-refractivity contribution < 1.29 is 29.4 Å². The van der Waals surface area contributed by atoms with Crippen molar-refractivity contribution in [2.45, 2.75) is 63.5 Å². The van der Waals surface area contributed by atoms with Crippen LogP contribution in [-0.2, 0) is 0 Å². The molecule has 10 heteroatoms. The molecular weight excluding hydrogens is 488 g/mol.